The predicted molar refractivity (Wildman–Crippen MR) is 84.6 cm³/mol. The monoisotopic (exact) mass is 272 g/mol. The van der Waals surface area contributed by atoms with Crippen molar-refractivity contribution in [1.29, 1.82) is 0 Å². The smallest absolute Gasteiger partial charge is 0.307 e. The zero-order chi connectivity index (χ0) is 15.1. The molecular weight excluding hydrogens is 248 g/mol. The maximum atomic E-state index is 10.6. The maximum absolute atomic E-state index is 10.6. The summed E-state index contributed by atoms with van der Waals surface area (Å²) in [6, 6.07) is 7.86. The molecule has 1 aliphatic carbocycles. The number of carbonyl (C=O) groups is 1. The molecule has 1 unspecified atom stereocenters. The molecule has 1 aliphatic rings. The molecule has 2 rings (SSSR count). The molecule has 0 bridgehead atoms. The van der Waals surface area contributed by atoms with Gasteiger partial charge in [0.1, 0.15) is 0 Å². The topological polar surface area (TPSA) is 37.3 Å². The first kappa shape index (κ1) is 16.2. The molecular formula is C18H24O2. The van der Waals surface area contributed by atoms with Gasteiger partial charge in [0.05, 0.1) is 6.42 Å². The molecule has 20 heavy (non-hydrogen) atoms. The van der Waals surface area contributed by atoms with Crippen molar-refractivity contribution < 1.29 is 9.90 Å². The third-order valence-electron chi connectivity index (χ3n) is 3.35. The first-order valence-corrected chi connectivity index (χ1v) is 7.24. The number of aliphatic carboxylic acids is 1. The Morgan fingerprint density at radius 3 is 2.30 bits per heavy atom. The molecule has 1 atom stereocenters. The minimum atomic E-state index is -0.786. The third-order valence-corrected chi connectivity index (χ3v) is 3.35. The Kier molecular flexibility index (Phi) is 6.23. The van der Waals surface area contributed by atoms with Crippen molar-refractivity contribution in [2.24, 2.45) is 5.92 Å². The fourth-order valence-electron chi connectivity index (χ4n) is 2.43. The van der Waals surface area contributed by atoms with Gasteiger partial charge in [-0.15, -0.1) is 0 Å². The van der Waals surface area contributed by atoms with E-state index in [1.807, 2.05) is 38.1 Å². The summed E-state index contributed by atoms with van der Waals surface area (Å²) in [5, 5.41) is 8.74. The van der Waals surface area contributed by atoms with Crippen LogP contribution in [0.1, 0.15) is 45.2 Å². The Morgan fingerprint density at radius 2 is 1.80 bits per heavy atom. The molecule has 0 spiro atoms. The third kappa shape index (κ3) is 4.37. The fraction of sp³-hybridized carbons (Fsp3) is 0.389. The van der Waals surface area contributed by atoms with Crippen molar-refractivity contribution in [3.8, 4) is 0 Å². The molecule has 2 heteroatoms. The van der Waals surface area contributed by atoms with Crippen LogP contribution in [0, 0.1) is 5.92 Å². The van der Waals surface area contributed by atoms with E-state index in [2.05, 4.69) is 26.0 Å². The lowest BCUT2D eigenvalue weighted by atomic mass is 9.85. The van der Waals surface area contributed by atoms with Gasteiger partial charge >= 0.3 is 5.97 Å². The molecule has 1 N–H and O–H groups in total. The second kappa shape index (κ2) is 7.68. The Bertz CT molecular complexity index is 507. The van der Waals surface area contributed by atoms with E-state index in [9.17, 15) is 4.79 Å². The predicted octanol–water partition coefficient (Wildman–Crippen LogP) is 4.71. The van der Waals surface area contributed by atoms with Crippen LogP contribution in [-0.2, 0) is 11.2 Å². The summed E-state index contributed by atoms with van der Waals surface area (Å²) in [7, 11) is 0. The van der Waals surface area contributed by atoms with Gasteiger partial charge in [-0.3, -0.25) is 4.79 Å². The molecule has 0 aromatic heterocycles. The van der Waals surface area contributed by atoms with Crippen LogP contribution >= 0.6 is 0 Å². The number of carboxylic acids is 1. The number of hydrogen-bond acceptors (Lipinski definition) is 1. The molecule has 0 radical (unpaired) electrons. The Balaban J connectivity index is 0.000000956. The second-order valence-electron chi connectivity index (χ2n) is 5.01. The van der Waals surface area contributed by atoms with Gasteiger partial charge in [0.15, 0.2) is 0 Å². The van der Waals surface area contributed by atoms with Crippen LogP contribution in [0.4, 0.5) is 0 Å². The van der Waals surface area contributed by atoms with E-state index < -0.39 is 5.97 Å². The lowest BCUT2D eigenvalue weighted by Crippen LogP contribution is -2.04. The van der Waals surface area contributed by atoms with Gasteiger partial charge in [0.2, 0.25) is 0 Å². The summed E-state index contributed by atoms with van der Waals surface area (Å²) in [5.74, 6) is -0.258. The fourth-order valence-corrected chi connectivity index (χ4v) is 2.43. The molecule has 108 valence electrons. The summed E-state index contributed by atoms with van der Waals surface area (Å²) in [4.78, 5) is 10.6. The number of rotatable bonds is 3. The van der Waals surface area contributed by atoms with Crippen LogP contribution in [0.15, 0.2) is 42.0 Å². The number of benzene rings is 1. The van der Waals surface area contributed by atoms with E-state index in [1.165, 1.54) is 16.7 Å². The molecule has 0 heterocycles. The van der Waals surface area contributed by atoms with Crippen molar-refractivity contribution in [2.75, 3.05) is 0 Å². The lowest BCUT2D eigenvalue weighted by molar-refractivity contribution is -0.136. The molecule has 0 amide bonds. The largest absolute Gasteiger partial charge is 0.481 e. The minimum absolute atomic E-state index is 0.0912. The molecule has 1 aromatic rings. The van der Waals surface area contributed by atoms with Gasteiger partial charge in [-0.2, -0.15) is 0 Å². The standard InChI is InChI=1S/C16H18O2.C2H6/c1-11-3-8-15(12(2)9-11)14-6-4-13(5-7-14)10-16(17)18;1-2/h3-8,12H,9-10H2,1-2H3,(H,17,18);1-2H3. The molecule has 0 saturated heterocycles. The average molecular weight is 272 g/mol. The van der Waals surface area contributed by atoms with Gasteiger partial charge < -0.3 is 5.11 Å². The van der Waals surface area contributed by atoms with Crippen LogP contribution in [0.2, 0.25) is 0 Å². The summed E-state index contributed by atoms with van der Waals surface area (Å²) in [5.41, 5.74) is 4.79. The Labute approximate surface area is 121 Å². The van der Waals surface area contributed by atoms with E-state index in [-0.39, 0.29) is 6.42 Å². The van der Waals surface area contributed by atoms with Crippen molar-refractivity contribution in [1.82, 2.24) is 0 Å². The van der Waals surface area contributed by atoms with Gasteiger partial charge in [0.25, 0.3) is 0 Å². The first-order valence-electron chi connectivity index (χ1n) is 7.24. The highest BCUT2D eigenvalue weighted by atomic mass is 16.4. The van der Waals surface area contributed by atoms with Crippen LogP contribution in [-0.4, -0.2) is 11.1 Å². The maximum Gasteiger partial charge on any atom is 0.307 e. The highest BCUT2D eigenvalue weighted by Crippen LogP contribution is 2.32. The Hall–Kier alpha value is -1.83. The van der Waals surface area contributed by atoms with Gasteiger partial charge in [-0.1, -0.05) is 62.8 Å². The van der Waals surface area contributed by atoms with Crippen molar-refractivity contribution in [3.05, 3.63) is 53.1 Å². The normalized spacial score (nSPS) is 17.5. The van der Waals surface area contributed by atoms with E-state index in [0.29, 0.717) is 5.92 Å². The van der Waals surface area contributed by atoms with Crippen molar-refractivity contribution in [3.63, 3.8) is 0 Å². The number of allylic oxidation sites excluding steroid dienone is 4. The summed E-state index contributed by atoms with van der Waals surface area (Å²) >= 11 is 0. The number of carboxylic acid groups (broad SMARTS) is 1. The number of hydrogen-bond donors (Lipinski definition) is 1. The van der Waals surface area contributed by atoms with Crippen molar-refractivity contribution in [2.45, 2.75) is 40.5 Å². The van der Waals surface area contributed by atoms with Crippen LogP contribution in [0.5, 0.6) is 0 Å². The average Bonchev–Trinajstić information content (AvgIpc) is 2.42. The van der Waals surface area contributed by atoms with Gasteiger partial charge in [0, 0.05) is 0 Å². The van der Waals surface area contributed by atoms with Crippen LogP contribution < -0.4 is 0 Å². The summed E-state index contributed by atoms with van der Waals surface area (Å²) < 4.78 is 0. The molecule has 0 saturated carbocycles. The molecule has 0 fully saturated rings. The van der Waals surface area contributed by atoms with E-state index in [1.54, 1.807) is 0 Å². The second-order valence-corrected chi connectivity index (χ2v) is 5.01. The van der Waals surface area contributed by atoms with Crippen LogP contribution in [0.25, 0.3) is 5.57 Å². The molecule has 1 aromatic carbocycles. The SMILES string of the molecule is CC.CC1=CC=C(c2ccc(CC(=O)O)cc2)C(C)C1. The summed E-state index contributed by atoms with van der Waals surface area (Å²) in [6.45, 7) is 8.38. The van der Waals surface area contributed by atoms with E-state index >= 15 is 0 Å². The van der Waals surface area contributed by atoms with Crippen molar-refractivity contribution >= 4 is 11.5 Å². The lowest BCUT2D eigenvalue weighted by Gasteiger charge is -2.20. The highest BCUT2D eigenvalue weighted by molar-refractivity contribution is 5.72. The zero-order valence-corrected chi connectivity index (χ0v) is 12.8. The van der Waals surface area contributed by atoms with E-state index in [4.69, 9.17) is 5.11 Å². The van der Waals surface area contributed by atoms with Gasteiger partial charge in [-0.25, -0.2) is 0 Å². The van der Waals surface area contributed by atoms with Crippen LogP contribution in [0.3, 0.4) is 0 Å². The molecule has 0 aliphatic heterocycles. The first-order chi connectivity index (χ1) is 9.56. The minimum Gasteiger partial charge on any atom is -0.481 e. The highest BCUT2D eigenvalue weighted by Gasteiger charge is 2.14. The Morgan fingerprint density at radius 1 is 1.20 bits per heavy atom. The van der Waals surface area contributed by atoms with Gasteiger partial charge in [-0.05, 0) is 36.0 Å². The molecule has 2 nitrogen and oxygen atoms in total. The zero-order valence-electron chi connectivity index (χ0n) is 12.8. The summed E-state index contributed by atoms with van der Waals surface area (Å²) in [6.07, 6.45) is 5.53. The van der Waals surface area contributed by atoms with E-state index in [0.717, 1.165) is 12.0 Å². The quantitative estimate of drug-likeness (QED) is 0.865.